The van der Waals surface area contributed by atoms with Crippen molar-refractivity contribution >= 4 is 0 Å². The Bertz CT molecular complexity index is 480. The summed E-state index contributed by atoms with van der Waals surface area (Å²) in [6.45, 7) is 14.8. The van der Waals surface area contributed by atoms with E-state index in [1.54, 1.807) is 0 Å². The van der Waals surface area contributed by atoms with E-state index < -0.39 is 0 Å². The molecular weight excluding hydrogens is 516 g/mol. The van der Waals surface area contributed by atoms with Gasteiger partial charge in [-0.15, -0.1) is 0 Å². The summed E-state index contributed by atoms with van der Waals surface area (Å²) in [5.74, 6) is 0. The van der Waals surface area contributed by atoms with Crippen molar-refractivity contribution < 1.29 is 56.8 Å². The maximum atomic E-state index is 5.60. The van der Waals surface area contributed by atoms with Crippen LogP contribution in [0.4, 0.5) is 0 Å². The van der Waals surface area contributed by atoms with Gasteiger partial charge in [0.2, 0.25) is 0 Å². The van der Waals surface area contributed by atoms with Crippen molar-refractivity contribution in [3.05, 3.63) is 12.8 Å². The average Bonchev–Trinajstić information content (AvgIpc) is 2.96. The zero-order valence-corrected chi connectivity index (χ0v) is 23.7. The number of rotatable bonds is 32. The van der Waals surface area contributed by atoms with Crippen molar-refractivity contribution in [2.45, 2.75) is 25.6 Å². The van der Waals surface area contributed by atoms with Gasteiger partial charge in [0, 0.05) is 6.61 Å². The van der Waals surface area contributed by atoms with Crippen LogP contribution in [-0.4, -0.2) is 145 Å². The van der Waals surface area contributed by atoms with E-state index in [1.165, 1.54) is 12.7 Å². The molecule has 1 aliphatic rings. The zero-order chi connectivity index (χ0) is 27.7. The Balaban J connectivity index is 1.61. The van der Waals surface area contributed by atoms with Gasteiger partial charge in [-0.05, 0) is 19.3 Å². The molecule has 0 spiro atoms. The smallest absolute Gasteiger partial charge is 0.157 e. The van der Waals surface area contributed by atoms with E-state index in [9.17, 15) is 0 Å². The number of ether oxygens (including phenoxy) is 12. The first-order valence-electron chi connectivity index (χ1n) is 14.1. The summed E-state index contributed by atoms with van der Waals surface area (Å²) < 4.78 is 65.0. The Kier molecular flexibility index (Phi) is 29.3. The second kappa shape index (κ2) is 31.6. The monoisotopic (exact) mass is 568 g/mol. The first kappa shape index (κ1) is 36.1. The second-order valence-corrected chi connectivity index (χ2v) is 8.22. The van der Waals surface area contributed by atoms with Crippen molar-refractivity contribution in [1.29, 1.82) is 0 Å². The fraction of sp³-hybridized carbons (Fsp3) is 0.926. The molecule has 1 saturated heterocycles. The third kappa shape index (κ3) is 28.4. The minimum Gasteiger partial charge on any atom is -0.499 e. The summed E-state index contributed by atoms with van der Waals surface area (Å²) in [6.07, 6.45) is 4.60. The summed E-state index contributed by atoms with van der Waals surface area (Å²) in [4.78, 5) is 0. The molecule has 0 aliphatic carbocycles. The van der Waals surface area contributed by atoms with Gasteiger partial charge < -0.3 is 56.8 Å². The van der Waals surface area contributed by atoms with Gasteiger partial charge in [-0.1, -0.05) is 6.58 Å². The lowest BCUT2D eigenvalue weighted by Crippen LogP contribution is -2.24. The van der Waals surface area contributed by atoms with E-state index >= 15 is 0 Å². The van der Waals surface area contributed by atoms with Gasteiger partial charge in [-0.2, -0.15) is 0 Å². The van der Waals surface area contributed by atoms with Crippen molar-refractivity contribution in [3.63, 3.8) is 0 Å². The van der Waals surface area contributed by atoms with E-state index in [1.807, 2.05) is 0 Å². The summed E-state index contributed by atoms with van der Waals surface area (Å²) in [6, 6.07) is 0. The predicted molar refractivity (Wildman–Crippen MR) is 143 cm³/mol. The molecule has 1 atom stereocenters. The van der Waals surface area contributed by atoms with Crippen LogP contribution in [-0.2, 0) is 56.8 Å². The van der Waals surface area contributed by atoms with E-state index in [2.05, 4.69) is 6.58 Å². The Labute approximate surface area is 234 Å². The summed E-state index contributed by atoms with van der Waals surface area (Å²) in [7, 11) is 0. The fourth-order valence-electron chi connectivity index (χ4n) is 3.13. The molecule has 0 amide bonds. The van der Waals surface area contributed by atoms with E-state index in [-0.39, 0.29) is 6.29 Å². The van der Waals surface area contributed by atoms with Gasteiger partial charge in [0.25, 0.3) is 0 Å². The molecule has 0 saturated carbocycles. The molecule has 1 unspecified atom stereocenters. The minimum atomic E-state index is -0.0628. The maximum Gasteiger partial charge on any atom is 0.157 e. The quantitative estimate of drug-likeness (QED) is 0.0872. The summed E-state index contributed by atoms with van der Waals surface area (Å²) >= 11 is 0. The Morgan fingerprint density at radius 3 is 1.10 bits per heavy atom. The largest absolute Gasteiger partial charge is 0.499 e. The predicted octanol–water partition coefficient (Wildman–Crippen LogP) is 1.84. The molecule has 0 aromatic rings. The van der Waals surface area contributed by atoms with E-state index in [0.29, 0.717) is 132 Å². The SMILES string of the molecule is C=COCCOCCOCCOCCOCCOCCOCCOCCOCCOCCOC1CCCCO1. The Morgan fingerprint density at radius 2 is 0.795 bits per heavy atom. The van der Waals surface area contributed by atoms with Crippen molar-refractivity contribution in [3.8, 4) is 0 Å². The lowest BCUT2D eigenvalue weighted by atomic mass is 10.2. The normalized spacial score (nSPS) is 15.5. The molecule has 232 valence electrons. The van der Waals surface area contributed by atoms with Crippen molar-refractivity contribution in [2.24, 2.45) is 0 Å². The molecule has 0 aromatic carbocycles. The molecular formula is C27H52O12. The summed E-state index contributed by atoms with van der Waals surface area (Å²) in [5.41, 5.74) is 0. The van der Waals surface area contributed by atoms with Crippen LogP contribution in [0.1, 0.15) is 19.3 Å². The molecule has 12 nitrogen and oxygen atoms in total. The molecule has 12 heteroatoms. The first-order chi connectivity index (χ1) is 19.4. The molecule has 0 aromatic heterocycles. The minimum absolute atomic E-state index is 0.0628. The van der Waals surface area contributed by atoms with Crippen molar-refractivity contribution in [2.75, 3.05) is 139 Å². The molecule has 0 N–H and O–H groups in total. The standard InChI is InChI=1S/C27H52O12/c1-2-28-7-8-29-9-10-30-11-12-31-13-14-32-15-16-33-17-18-34-19-20-35-21-22-36-23-24-37-25-26-39-27-5-3-4-6-38-27/h2,27H,1,3-26H2. The summed E-state index contributed by atoms with van der Waals surface area (Å²) in [5, 5.41) is 0. The van der Waals surface area contributed by atoms with Crippen LogP contribution in [0.5, 0.6) is 0 Å². The van der Waals surface area contributed by atoms with Gasteiger partial charge in [-0.3, -0.25) is 0 Å². The van der Waals surface area contributed by atoms with Gasteiger partial charge in [0.05, 0.1) is 132 Å². The lowest BCUT2D eigenvalue weighted by Gasteiger charge is -2.22. The molecule has 39 heavy (non-hydrogen) atoms. The van der Waals surface area contributed by atoms with Crippen LogP contribution < -0.4 is 0 Å². The highest BCUT2D eigenvalue weighted by Crippen LogP contribution is 2.13. The molecule has 0 bridgehead atoms. The Morgan fingerprint density at radius 1 is 0.462 bits per heavy atom. The lowest BCUT2D eigenvalue weighted by molar-refractivity contribution is -0.169. The van der Waals surface area contributed by atoms with Crippen LogP contribution >= 0.6 is 0 Å². The number of hydrogen-bond donors (Lipinski definition) is 0. The van der Waals surface area contributed by atoms with Gasteiger partial charge in [0.15, 0.2) is 6.29 Å². The highest BCUT2D eigenvalue weighted by Gasteiger charge is 2.13. The molecule has 0 radical (unpaired) electrons. The van der Waals surface area contributed by atoms with Gasteiger partial charge >= 0.3 is 0 Å². The van der Waals surface area contributed by atoms with Gasteiger partial charge in [0.1, 0.15) is 6.61 Å². The van der Waals surface area contributed by atoms with Crippen LogP contribution in [0.15, 0.2) is 12.8 Å². The van der Waals surface area contributed by atoms with Gasteiger partial charge in [-0.25, -0.2) is 0 Å². The first-order valence-corrected chi connectivity index (χ1v) is 14.1. The highest BCUT2D eigenvalue weighted by molar-refractivity contribution is 4.53. The topological polar surface area (TPSA) is 111 Å². The van der Waals surface area contributed by atoms with Crippen molar-refractivity contribution in [1.82, 2.24) is 0 Å². The highest BCUT2D eigenvalue weighted by atomic mass is 16.7. The molecule has 1 heterocycles. The molecule has 1 fully saturated rings. The zero-order valence-electron chi connectivity index (χ0n) is 23.7. The number of hydrogen-bond acceptors (Lipinski definition) is 12. The van der Waals surface area contributed by atoms with Crippen LogP contribution in [0.3, 0.4) is 0 Å². The van der Waals surface area contributed by atoms with E-state index in [4.69, 9.17) is 56.8 Å². The fourth-order valence-corrected chi connectivity index (χ4v) is 3.13. The van der Waals surface area contributed by atoms with Crippen LogP contribution in [0.25, 0.3) is 0 Å². The third-order valence-electron chi connectivity index (χ3n) is 5.11. The Hall–Kier alpha value is -0.900. The average molecular weight is 569 g/mol. The van der Waals surface area contributed by atoms with E-state index in [0.717, 1.165) is 19.4 Å². The van der Waals surface area contributed by atoms with Crippen LogP contribution in [0.2, 0.25) is 0 Å². The van der Waals surface area contributed by atoms with Crippen LogP contribution in [0, 0.1) is 0 Å². The maximum absolute atomic E-state index is 5.60. The molecule has 1 rings (SSSR count). The second-order valence-electron chi connectivity index (χ2n) is 8.22. The molecule has 1 aliphatic heterocycles. The third-order valence-corrected chi connectivity index (χ3v) is 5.11.